The highest BCUT2D eigenvalue weighted by Gasteiger charge is 2.28. The molecule has 2 rings (SSSR count). The molecular formula is C24H33NO2S. The fraction of sp³-hybridized carbons (Fsp3) is 0.500. The van der Waals surface area contributed by atoms with Crippen molar-refractivity contribution < 1.29 is 8.42 Å². The first-order chi connectivity index (χ1) is 13.5. The van der Waals surface area contributed by atoms with E-state index in [1.807, 2.05) is 25.1 Å². The van der Waals surface area contributed by atoms with Crippen LogP contribution in [0.2, 0.25) is 0 Å². The molecule has 1 aromatic rings. The van der Waals surface area contributed by atoms with Gasteiger partial charge in [-0.1, -0.05) is 55.9 Å². The fourth-order valence-electron chi connectivity index (χ4n) is 3.39. The van der Waals surface area contributed by atoms with Crippen molar-refractivity contribution >= 4 is 10.0 Å². The SMILES string of the molecule is C=CCC1=C(C#CCCCCCC)N(S(=O)(=O)c2ccc(C)cc2)CCCC1. The van der Waals surface area contributed by atoms with Crippen LogP contribution in [-0.4, -0.2) is 19.3 Å². The number of aryl methyl sites for hydroxylation is 1. The minimum atomic E-state index is -3.62. The van der Waals surface area contributed by atoms with Crippen molar-refractivity contribution in [2.45, 2.75) is 76.5 Å². The molecule has 0 aliphatic carbocycles. The number of hydrogen-bond acceptors (Lipinski definition) is 2. The van der Waals surface area contributed by atoms with Crippen LogP contribution in [0, 0.1) is 18.8 Å². The van der Waals surface area contributed by atoms with Crippen molar-refractivity contribution in [2.24, 2.45) is 0 Å². The maximum atomic E-state index is 13.4. The molecule has 3 nitrogen and oxygen atoms in total. The van der Waals surface area contributed by atoms with E-state index in [-0.39, 0.29) is 0 Å². The summed E-state index contributed by atoms with van der Waals surface area (Å²) in [6, 6.07) is 7.08. The quantitative estimate of drug-likeness (QED) is 0.307. The fourth-order valence-corrected chi connectivity index (χ4v) is 4.91. The highest BCUT2D eigenvalue weighted by Crippen LogP contribution is 2.29. The van der Waals surface area contributed by atoms with E-state index in [4.69, 9.17) is 0 Å². The first-order valence-corrected chi connectivity index (χ1v) is 11.9. The molecule has 0 unspecified atom stereocenters. The maximum absolute atomic E-state index is 13.4. The molecule has 1 heterocycles. The van der Waals surface area contributed by atoms with Gasteiger partial charge >= 0.3 is 0 Å². The molecule has 0 radical (unpaired) electrons. The van der Waals surface area contributed by atoms with Gasteiger partial charge in [0, 0.05) is 13.0 Å². The zero-order valence-corrected chi connectivity index (χ0v) is 18.2. The zero-order valence-electron chi connectivity index (χ0n) is 17.3. The zero-order chi connectivity index (χ0) is 20.4. The van der Waals surface area contributed by atoms with Gasteiger partial charge in [0.15, 0.2) is 0 Å². The van der Waals surface area contributed by atoms with E-state index < -0.39 is 10.0 Å². The van der Waals surface area contributed by atoms with Crippen LogP contribution in [0.1, 0.15) is 70.3 Å². The third-order valence-electron chi connectivity index (χ3n) is 5.04. The van der Waals surface area contributed by atoms with Crippen molar-refractivity contribution in [3.63, 3.8) is 0 Å². The number of hydrogen-bond donors (Lipinski definition) is 0. The summed E-state index contributed by atoms with van der Waals surface area (Å²) in [5.41, 5.74) is 2.81. The minimum absolute atomic E-state index is 0.334. The average molecular weight is 400 g/mol. The number of nitrogens with zero attached hydrogens (tertiary/aromatic N) is 1. The Hall–Kier alpha value is -1.99. The third kappa shape index (κ3) is 6.01. The van der Waals surface area contributed by atoms with E-state index in [2.05, 4.69) is 25.3 Å². The van der Waals surface area contributed by atoms with Gasteiger partial charge in [0.2, 0.25) is 0 Å². The summed E-state index contributed by atoms with van der Waals surface area (Å²) in [4.78, 5) is 0.334. The average Bonchev–Trinajstić information content (AvgIpc) is 2.88. The summed E-state index contributed by atoms with van der Waals surface area (Å²) in [5.74, 6) is 6.48. The second-order valence-electron chi connectivity index (χ2n) is 7.40. The Kier molecular flexibility index (Phi) is 8.86. The Morgan fingerprint density at radius 3 is 2.57 bits per heavy atom. The lowest BCUT2D eigenvalue weighted by molar-refractivity contribution is 0.480. The molecular weight excluding hydrogens is 366 g/mol. The van der Waals surface area contributed by atoms with Gasteiger partial charge in [0.1, 0.15) is 5.70 Å². The molecule has 0 atom stereocenters. The molecule has 28 heavy (non-hydrogen) atoms. The predicted octanol–water partition coefficient (Wildman–Crippen LogP) is 5.97. The second-order valence-corrected chi connectivity index (χ2v) is 9.27. The number of rotatable bonds is 8. The summed E-state index contributed by atoms with van der Waals surface area (Å²) in [5, 5.41) is 0. The summed E-state index contributed by atoms with van der Waals surface area (Å²) in [7, 11) is -3.62. The molecule has 0 spiro atoms. The molecule has 0 amide bonds. The second kappa shape index (κ2) is 11.1. The number of benzene rings is 1. The standard InChI is InChI=1S/C24H33NO2S/c1-4-6-7-8-9-10-15-24-22(13-5-2)14-11-12-20-25(24)28(26,27)23-18-16-21(3)17-19-23/h5,16-19H,2,4,6-9,11-14,20H2,1,3H3. The van der Waals surface area contributed by atoms with Gasteiger partial charge in [0.05, 0.1) is 4.90 Å². The van der Waals surface area contributed by atoms with Crippen molar-refractivity contribution in [3.8, 4) is 11.8 Å². The maximum Gasteiger partial charge on any atom is 0.264 e. The molecule has 0 aromatic heterocycles. The van der Waals surface area contributed by atoms with Gasteiger partial charge in [-0.25, -0.2) is 8.42 Å². The van der Waals surface area contributed by atoms with Crippen molar-refractivity contribution in [1.82, 2.24) is 4.31 Å². The molecule has 0 saturated heterocycles. The van der Waals surface area contributed by atoms with Crippen LogP contribution in [0.15, 0.2) is 53.1 Å². The molecule has 4 heteroatoms. The molecule has 0 bridgehead atoms. The van der Waals surface area contributed by atoms with Gasteiger partial charge in [-0.15, -0.1) is 6.58 Å². The van der Waals surface area contributed by atoms with Crippen LogP contribution in [0.4, 0.5) is 0 Å². The van der Waals surface area contributed by atoms with Crippen molar-refractivity contribution in [1.29, 1.82) is 0 Å². The van der Waals surface area contributed by atoms with Crippen LogP contribution < -0.4 is 0 Å². The first kappa shape index (κ1) is 22.3. The highest BCUT2D eigenvalue weighted by molar-refractivity contribution is 7.89. The van der Waals surface area contributed by atoms with Gasteiger partial charge < -0.3 is 0 Å². The van der Waals surface area contributed by atoms with Crippen LogP contribution in [0.25, 0.3) is 0 Å². The van der Waals surface area contributed by atoms with E-state index in [1.54, 1.807) is 16.4 Å². The first-order valence-electron chi connectivity index (χ1n) is 10.4. The lowest BCUT2D eigenvalue weighted by Crippen LogP contribution is -2.31. The van der Waals surface area contributed by atoms with Crippen LogP contribution >= 0.6 is 0 Å². The summed E-state index contributed by atoms with van der Waals surface area (Å²) in [6.45, 7) is 8.49. The van der Waals surface area contributed by atoms with Gasteiger partial charge in [-0.2, -0.15) is 0 Å². The summed E-state index contributed by atoms with van der Waals surface area (Å²) in [6.07, 6.45) is 10.7. The summed E-state index contributed by atoms with van der Waals surface area (Å²) >= 11 is 0. The molecule has 1 aromatic carbocycles. The van der Waals surface area contributed by atoms with Gasteiger partial charge in [-0.3, -0.25) is 4.31 Å². The third-order valence-corrected chi connectivity index (χ3v) is 6.85. The smallest absolute Gasteiger partial charge is 0.259 e. The largest absolute Gasteiger partial charge is 0.264 e. The van der Waals surface area contributed by atoms with E-state index in [0.717, 1.165) is 43.2 Å². The summed E-state index contributed by atoms with van der Waals surface area (Å²) < 4.78 is 28.3. The number of unbranched alkanes of at least 4 members (excludes halogenated alkanes) is 4. The highest BCUT2D eigenvalue weighted by atomic mass is 32.2. The Morgan fingerprint density at radius 1 is 1.14 bits per heavy atom. The normalized spacial score (nSPS) is 15.0. The van der Waals surface area contributed by atoms with Crippen molar-refractivity contribution in [2.75, 3.05) is 6.54 Å². The predicted molar refractivity (Wildman–Crippen MR) is 117 cm³/mol. The van der Waals surface area contributed by atoms with Crippen molar-refractivity contribution in [3.05, 3.63) is 53.8 Å². The topological polar surface area (TPSA) is 37.4 Å². The lowest BCUT2D eigenvalue weighted by Gasteiger charge is -2.24. The molecule has 1 aliphatic rings. The number of allylic oxidation sites excluding steroid dienone is 3. The molecule has 152 valence electrons. The van der Waals surface area contributed by atoms with Crippen LogP contribution in [0.3, 0.4) is 0 Å². The Morgan fingerprint density at radius 2 is 1.89 bits per heavy atom. The van der Waals surface area contributed by atoms with Gasteiger partial charge in [-0.05, 0) is 62.7 Å². The Balaban J connectivity index is 2.37. The van der Waals surface area contributed by atoms with E-state index >= 15 is 0 Å². The van der Waals surface area contributed by atoms with E-state index in [0.29, 0.717) is 23.6 Å². The molecule has 0 fully saturated rings. The molecule has 1 aliphatic heterocycles. The van der Waals surface area contributed by atoms with E-state index in [1.165, 1.54) is 19.3 Å². The monoisotopic (exact) mass is 399 g/mol. The molecule has 0 N–H and O–H groups in total. The number of sulfonamides is 1. The van der Waals surface area contributed by atoms with Crippen LogP contribution in [-0.2, 0) is 10.0 Å². The lowest BCUT2D eigenvalue weighted by atomic mass is 10.0. The van der Waals surface area contributed by atoms with Gasteiger partial charge in [0.25, 0.3) is 10.0 Å². The van der Waals surface area contributed by atoms with E-state index in [9.17, 15) is 8.42 Å². The Bertz CT molecular complexity index is 839. The Labute approximate surface area is 171 Å². The van der Waals surface area contributed by atoms with Crippen LogP contribution in [0.5, 0.6) is 0 Å². The minimum Gasteiger partial charge on any atom is -0.259 e. The molecule has 0 saturated carbocycles.